The Balaban J connectivity index is 1.98. The van der Waals surface area contributed by atoms with E-state index in [1.165, 1.54) is 0 Å². The molecule has 0 spiro atoms. The van der Waals surface area contributed by atoms with Gasteiger partial charge in [-0.2, -0.15) is 0 Å². The highest BCUT2D eigenvalue weighted by atomic mass is 79.9. The summed E-state index contributed by atoms with van der Waals surface area (Å²) in [6.07, 6.45) is 0. The predicted molar refractivity (Wildman–Crippen MR) is 118 cm³/mol. The van der Waals surface area contributed by atoms with Crippen LogP contribution in [0.25, 0.3) is 5.70 Å². The van der Waals surface area contributed by atoms with Crippen molar-refractivity contribution in [3.05, 3.63) is 80.5 Å². The molecule has 0 amide bonds. The van der Waals surface area contributed by atoms with Crippen LogP contribution in [0.15, 0.2) is 63.8 Å². The number of dihydropyridines is 1. The molecule has 5 nitrogen and oxygen atoms in total. The number of nitrogens with one attached hydrogen (secondary N) is 1. The number of carbonyl (C=O) groups is 2. The van der Waals surface area contributed by atoms with E-state index in [4.69, 9.17) is 9.47 Å². The van der Waals surface area contributed by atoms with Crippen molar-refractivity contribution in [2.45, 2.75) is 26.7 Å². The van der Waals surface area contributed by atoms with Gasteiger partial charge >= 0.3 is 5.97 Å². The number of allylic oxidation sites excluding steroid dienone is 2. The third kappa shape index (κ3) is 3.25. The van der Waals surface area contributed by atoms with Gasteiger partial charge in [0.2, 0.25) is 0 Å². The Morgan fingerprint density at radius 1 is 1.10 bits per heavy atom. The summed E-state index contributed by atoms with van der Waals surface area (Å²) in [5.74, 6) is -0.489. The van der Waals surface area contributed by atoms with Crippen molar-refractivity contribution in [3.8, 4) is 5.75 Å². The van der Waals surface area contributed by atoms with Gasteiger partial charge in [0.15, 0.2) is 5.78 Å². The van der Waals surface area contributed by atoms with Gasteiger partial charge < -0.3 is 14.8 Å². The van der Waals surface area contributed by atoms with Gasteiger partial charge in [0.1, 0.15) is 5.75 Å². The van der Waals surface area contributed by atoms with Gasteiger partial charge in [-0.3, -0.25) is 4.79 Å². The third-order valence-corrected chi connectivity index (χ3v) is 5.82. The van der Waals surface area contributed by atoms with Crippen LogP contribution in [0, 0.1) is 0 Å². The van der Waals surface area contributed by atoms with Crippen molar-refractivity contribution < 1.29 is 19.1 Å². The first-order valence-electron chi connectivity index (χ1n) is 9.93. The number of hydrogen-bond acceptors (Lipinski definition) is 5. The zero-order chi connectivity index (χ0) is 21.4. The minimum absolute atomic E-state index is 0.0881. The zero-order valence-corrected chi connectivity index (χ0v) is 18.6. The lowest BCUT2D eigenvalue weighted by atomic mass is 9.79. The number of halogens is 1. The van der Waals surface area contributed by atoms with Crippen LogP contribution in [-0.4, -0.2) is 25.0 Å². The SMILES string of the molecule is CCOC(=O)C1=C(C)NC2=C(C(=O)c3ccccc32)C1c1cc(Br)ccc1OCC. The van der Waals surface area contributed by atoms with Crippen molar-refractivity contribution >= 4 is 33.4 Å². The third-order valence-electron chi connectivity index (χ3n) is 5.33. The molecule has 2 aliphatic rings. The fraction of sp³-hybridized carbons (Fsp3) is 0.250. The summed E-state index contributed by atoms with van der Waals surface area (Å²) in [5, 5.41) is 3.31. The number of hydrogen-bond donors (Lipinski definition) is 1. The van der Waals surface area contributed by atoms with Crippen LogP contribution in [0.2, 0.25) is 0 Å². The van der Waals surface area contributed by atoms with E-state index in [1.54, 1.807) is 6.92 Å². The number of ketones is 1. The van der Waals surface area contributed by atoms with Crippen molar-refractivity contribution in [2.24, 2.45) is 0 Å². The van der Waals surface area contributed by atoms with Crippen LogP contribution in [0.5, 0.6) is 5.75 Å². The maximum atomic E-state index is 13.5. The second-order valence-corrected chi connectivity index (χ2v) is 8.01. The first-order valence-corrected chi connectivity index (χ1v) is 10.7. The summed E-state index contributed by atoms with van der Waals surface area (Å²) in [4.78, 5) is 26.5. The number of rotatable bonds is 5. The molecule has 1 N–H and O–H groups in total. The highest BCUT2D eigenvalue weighted by Crippen LogP contribution is 2.49. The van der Waals surface area contributed by atoms with E-state index in [2.05, 4.69) is 21.2 Å². The predicted octanol–water partition coefficient (Wildman–Crippen LogP) is 4.98. The smallest absolute Gasteiger partial charge is 0.336 e. The number of fused-ring (bicyclic) bond motifs is 2. The number of ether oxygens (including phenoxy) is 2. The monoisotopic (exact) mass is 467 g/mol. The van der Waals surface area contributed by atoms with Crippen molar-refractivity contribution in [2.75, 3.05) is 13.2 Å². The van der Waals surface area contributed by atoms with Crippen molar-refractivity contribution in [1.82, 2.24) is 5.32 Å². The van der Waals surface area contributed by atoms with Gasteiger partial charge in [-0.1, -0.05) is 40.2 Å². The highest BCUT2D eigenvalue weighted by Gasteiger charge is 2.43. The standard InChI is InChI=1S/C24H22BrNO4/c1-4-29-18-11-10-14(25)12-17(18)20-19(24(28)30-5-2)13(3)26-22-15-8-6-7-9-16(15)23(27)21(20)22/h6-12,20,26H,4-5H2,1-3H3. The molecule has 0 saturated heterocycles. The van der Waals surface area contributed by atoms with Gasteiger partial charge in [-0.15, -0.1) is 0 Å². The van der Waals surface area contributed by atoms with Gasteiger partial charge in [-0.25, -0.2) is 4.79 Å². The fourth-order valence-electron chi connectivity index (χ4n) is 4.15. The van der Waals surface area contributed by atoms with Crippen LogP contribution >= 0.6 is 15.9 Å². The average molecular weight is 468 g/mol. The molecule has 1 heterocycles. The van der Waals surface area contributed by atoms with E-state index in [1.807, 2.05) is 56.3 Å². The summed E-state index contributed by atoms with van der Waals surface area (Å²) in [6.45, 7) is 6.23. The van der Waals surface area contributed by atoms with Crippen LogP contribution in [0.4, 0.5) is 0 Å². The largest absolute Gasteiger partial charge is 0.494 e. The quantitative estimate of drug-likeness (QED) is 0.628. The Morgan fingerprint density at radius 2 is 1.83 bits per heavy atom. The lowest BCUT2D eigenvalue weighted by Crippen LogP contribution is -2.29. The molecular formula is C24H22BrNO4. The first kappa shape index (κ1) is 20.4. The molecule has 0 fully saturated rings. The van der Waals surface area contributed by atoms with E-state index >= 15 is 0 Å². The van der Waals surface area contributed by atoms with E-state index in [0.717, 1.165) is 21.3 Å². The topological polar surface area (TPSA) is 64.6 Å². The zero-order valence-electron chi connectivity index (χ0n) is 17.0. The molecule has 1 aliphatic heterocycles. The minimum atomic E-state index is -0.598. The van der Waals surface area contributed by atoms with E-state index < -0.39 is 11.9 Å². The molecule has 30 heavy (non-hydrogen) atoms. The van der Waals surface area contributed by atoms with Gasteiger partial charge in [0.05, 0.1) is 30.4 Å². The molecule has 0 bridgehead atoms. The second-order valence-electron chi connectivity index (χ2n) is 7.10. The van der Waals surface area contributed by atoms with Crippen molar-refractivity contribution in [1.29, 1.82) is 0 Å². The van der Waals surface area contributed by atoms with Crippen LogP contribution in [0.3, 0.4) is 0 Å². The molecule has 0 radical (unpaired) electrons. The van der Waals surface area contributed by atoms with E-state index in [0.29, 0.717) is 34.8 Å². The molecule has 1 unspecified atom stereocenters. The fourth-order valence-corrected chi connectivity index (χ4v) is 4.53. The van der Waals surface area contributed by atoms with Crippen LogP contribution < -0.4 is 10.1 Å². The molecule has 6 heteroatoms. The first-order chi connectivity index (χ1) is 14.5. The van der Waals surface area contributed by atoms with Gasteiger partial charge in [0.25, 0.3) is 0 Å². The summed E-state index contributed by atoms with van der Waals surface area (Å²) in [6, 6.07) is 13.1. The lowest BCUT2D eigenvalue weighted by molar-refractivity contribution is -0.138. The minimum Gasteiger partial charge on any atom is -0.494 e. The molecule has 4 rings (SSSR count). The van der Waals surface area contributed by atoms with E-state index in [9.17, 15) is 9.59 Å². The average Bonchev–Trinajstić information content (AvgIpc) is 3.01. The highest BCUT2D eigenvalue weighted by molar-refractivity contribution is 9.10. The Kier molecular flexibility index (Phi) is 5.52. The van der Waals surface area contributed by atoms with Gasteiger partial charge in [-0.05, 0) is 39.0 Å². The maximum absolute atomic E-state index is 13.5. The molecule has 0 saturated carbocycles. The lowest BCUT2D eigenvalue weighted by Gasteiger charge is -2.30. The van der Waals surface area contributed by atoms with E-state index in [-0.39, 0.29) is 12.4 Å². The van der Waals surface area contributed by atoms with Crippen molar-refractivity contribution in [3.63, 3.8) is 0 Å². The number of Topliss-reactive ketones (excluding diaryl/α,β-unsaturated/α-hetero) is 1. The Hall–Kier alpha value is -2.86. The normalized spacial score (nSPS) is 17.5. The molecule has 154 valence electrons. The Bertz CT molecular complexity index is 1120. The molecule has 1 atom stereocenters. The van der Waals surface area contributed by atoms with Crippen LogP contribution in [0.1, 0.15) is 48.2 Å². The molecule has 2 aromatic carbocycles. The van der Waals surface area contributed by atoms with Crippen LogP contribution in [-0.2, 0) is 9.53 Å². The summed E-state index contributed by atoms with van der Waals surface area (Å²) >= 11 is 3.53. The van der Waals surface area contributed by atoms with Gasteiger partial charge in [0, 0.05) is 32.4 Å². The summed E-state index contributed by atoms with van der Waals surface area (Å²) in [7, 11) is 0. The number of carbonyl (C=O) groups excluding carboxylic acids is 2. The summed E-state index contributed by atoms with van der Waals surface area (Å²) < 4.78 is 12.1. The maximum Gasteiger partial charge on any atom is 0.336 e. The molecule has 2 aromatic rings. The Morgan fingerprint density at radius 3 is 2.53 bits per heavy atom. The molecule has 0 aromatic heterocycles. The second kappa shape index (κ2) is 8.11. The summed E-state index contributed by atoms with van der Waals surface area (Å²) in [5.41, 5.74) is 4.62. The Labute approximate surface area is 183 Å². The molecule has 1 aliphatic carbocycles. The molecular weight excluding hydrogens is 446 g/mol. The number of esters is 1. The number of benzene rings is 2.